The lowest BCUT2D eigenvalue weighted by atomic mass is 10.1. The molecule has 0 heterocycles. The number of carbonyl (C=O) groups is 1. The number of hydrogen-bond donors (Lipinski definition) is 0. The molecule has 0 aliphatic rings. The van der Waals surface area contributed by atoms with E-state index in [0.717, 1.165) is 0 Å². The van der Waals surface area contributed by atoms with Crippen molar-refractivity contribution in [1.29, 1.82) is 5.26 Å². The number of benzene rings is 1. The minimum atomic E-state index is -4.53. The number of nitriles is 1. The van der Waals surface area contributed by atoms with Crippen LogP contribution in [0.25, 0.3) is 0 Å². The Balaban J connectivity index is 3.34. The van der Waals surface area contributed by atoms with E-state index in [1.54, 1.807) is 35.6 Å². The molecule has 0 aliphatic carbocycles. The summed E-state index contributed by atoms with van der Waals surface area (Å²) in [6.45, 7) is 1.65. The summed E-state index contributed by atoms with van der Waals surface area (Å²) in [7, 11) is 0. The molecule has 0 N–H and O–H groups in total. The first kappa shape index (κ1) is 16.1. The summed E-state index contributed by atoms with van der Waals surface area (Å²) >= 11 is 1.28. The number of carbonyl (C=O) groups excluding carboxylic acids is 1. The first-order chi connectivity index (χ1) is 8.80. The minimum Gasteiger partial charge on any atom is -0.462 e. The average molecular weight is 401 g/mol. The van der Waals surface area contributed by atoms with Gasteiger partial charge in [0, 0.05) is 8.47 Å². The third-order valence-corrected chi connectivity index (χ3v) is 4.06. The van der Waals surface area contributed by atoms with Crippen LogP contribution >= 0.6 is 34.4 Å². The summed E-state index contributed by atoms with van der Waals surface area (Å²) in [6.07, 6.45) is 0. The molecule has 3 nitrogen and oxygen atoms in total. The van der Waals surface area contributed by atoms with Crippen molar-refractivity contribution < 1.29 is 22.7 Å². The molecular formula is C11H7F3INO2S. The van der Waals surface area contributed by atoms with Crippen molar-refractivity contribution in [2.24, 2.45) is 0 Å². The topological polar surface area (TPSA) is 50.1 Å². The van der Waals surface area contributed by atoms with Crippen molar-refractivity contribution in [2.75, 3.05) is 6.61 Å². The van der Waals surface area contributed by atoms with E-state index in [1.807, 2.05) is 0 Å². The van der Waals surface area contributed by atoms with Crippen molar-refractivity contribution in [3.05, 3.63) is 26.8 Å². The maximum atomic E-state index is 12.5. The summed E-state index contributed by atoms with van der Waals surface area (Å²) in [6, 6.07) is 4.28. The van der Waals surface area contributed by atoms with Crippen LogP contribution in [0.2, 0.25) is 0 Å². The second-order valence-corrected chi connectivity index (χ2v) is 5.42. The number of nitrogens with zero attached hydrogens (tertiary/aromatic N) is 1. The van der Waals surface area contributed by atoms with Gasteiger partial charge < -0.3 is 4.74 Å². The van der Waals surface area contributed by atoms with Crippen molar-refractivity contribution in [3.63, 3.8) is 0 Å². The summed E-state index contributed by atoms with van der Waals surface area (Å²) in [5.74, 6) is -0.806. The molecule has 0 saturated carbocycles. The van der Waals surface area contributed by atoms with E-state index in [2.05, 4.69) is 0 Å². The molecule has 0 radical (unpaired) electrons. The predicted molar refractivity (Wildman–Crippen MR) is 71.7 cm³/mol. The van der Waals surface area contributed by atoms with Gasteiger partial charge in [0.05, 0.1) is 17.7 Å². The Morgan fingerprint density at radius 2 is 2.16 bits per heavy atom. The molecule has 19 heavy (non-hydrogen) atoms. The molecular weight excluding hydrogens is 394 g/mol. The molecule has 0 spiro atoms. The van der Waals surface area contributed by atoms with Crippen LogP contribution in [-0.2, 0) is 4.74 Å². The van der Waals surface area contributed by atoms with Crippen LogP contribution in [0.5, 0.6) is 0 Å². The van der Waals surface area contributed by atoms with Crippen molar-refractivity contribution in [2.45, 2.75) is 17.3 Å². The number of hydrogen-bond acceptors (Lipinski definition) is 4. The predicted octanol–water partition coefficient (Wildman–Crippen LogP) is 3.95. The molecule has 0 saturated heterocycles. The van der Waals surface area contributed by atoms with Gasteiger partial charge in [0.2, 0.25) is 0 Å². The number of rotatable bonds is 3. The highest BCUT2D eigenvalue weighted by atomic mass is 127. The van der Waals surface area contributed by atoms with Crippen LogP contribution < -0.4 is 0 Å². The summed E-state index contributed by atoms with van der Waals surface area (Å²) < 4.78 is 42.3. The van der Waals surface area contributed by atoms with E-state index in [9.17, 15) is 18.0 Å². The zero-order valence-corrected chi connectivity index (χ0v) is 12.5. The summed E-state index contributed by atoms with van der Waals surface area (Å²) in [4.78, 5) is 11.3. The number of thioether (sulfide) groups is 1. The van der Waals surface area contributed by atoms with E-state index < -0.39 is 23.2 Å². The van der Waals surface area contributed by atoms with E-state index in [4.69, 9.17) is 10.00 Å². The van der Waals surface area contributed by atoms with Gasteiger partial charge in [-0.15, -0.1) is 0 Å². The smallest absolute Gasteiger partial charge is 0.446 e. The second kappa shape index (κ2) is 6.47. The highest BCUT2D eigenvalue weighted by Gasteiger charge is 2.33. The summed E-state index contributed by atoms with van der Waals surface area (Å²) in [5, 5.41) is 9.00. The van der Waals surface area contributed by atoms with E-state index in [0.29, 0.717) is 0 Å². The van der Waals surface area contributed by atoms with Gasteiger partial charge >= 0.3 is 11.5 Å². The van der Waals surface area contributed by atoms with Crippen molar-refractivity contribution in [3.8, 4) is 6.07 Å². The monoisotopic (exact) mass is 401 g/mol. The number of halogens is 4. The first-order valence-corrected chi connectivity index (χ1v) is 6.85. The lowest BCUT2D eigenvalue weighted by Gasteiger charge is -2.12. The average Bonchev–Trinajstić information content (AvgIpc) is 2.30. The molecule has 1 aromatic rings. The third-order valence-electron chi connectivity index (χ3n) is 1.93. The van der Waals surface area contributed by atoms with Gasteiger partial charge in [0.15, 0.2) is 0 Å². The fourth-order valence-corrected chi connectivity index (χ4v) is 2.70. The fraction of sp³-hybridized carbons (Fsp3) is 0.273. The Bertz CT molecular complexity index is 540. The fourth-order valence-electron chi connectivity index (χ4n) is 1.26. The van der Waals surface area contributed by atoms with Crippen LogP contribution in [0.4, 0.5) is 13.2 Å². The molecule has 0 fully saturated rings. The third kappa shape index (κ3) is 4.28. The molecule has 1 rings (SSSR count). The zero-order valence-electron chi connectivity index (χ0n) is 9.55. The molecule has 0 amide bonds. The summed E-state index contributed by atoms with van der Waals surface area (Å²) in [5.41, 5.74) is -5.00. The minimum absolute atomic E-state index is 0.0808. The lowest BCUT2D eigenvalue weighted by molar-refractivity contribution is -0.0328. The normalized spacial score (nSPS) is 10.9. The quantitative estimate of drug-likeness (QED) is 0.437. The number of alkyl halides is 3. The highest BCUT2D eigenvalue weighted by Crippen LogP contribution is 2.41. The van der Waals surface area contributed by atoms with Crippen LogP contribution in [-0.4, -0.2) is 18.1 Å². The maximum Gasteiger partial charge on any atom is 0.446 e. The molecule has 0 bridgehead atoms. The van der Waals surface area contributed by atoms with Gasteiger partial charge in [0.1, 0.15) is 6.07 Å². The maximum absolute atomic E-state index is 12.5. The van der Waals surface area contributed by atoms with Crippen molar-refractivity contribution in [1.82, 2.24) is 0 Å². The Kier molecular flexibility index (Phi) is 5.49. The van der Waals surface area contributed by atoms with Gasteiger partial charge in [-0.2, -0.15) is 18.4 Å². The molecule has 0 aromatic heterocycles. The van der Waals surface area contributed by atoms with Crippen LogP contribution in [0.3, 0.4) is 0 Å². The standard InChI is InChI=1S/C11H7F3INO2S/c1-2-18-10(17)6-3-4-8(15)9(7(6)5-16)19-11(12,13)14/h3-4H,2H2,1H3. The van der Waals surface area contributed by atoms with Crippen LogP contribution in [0.1, 0.15) is 22.8 Å². The number of ether oxygens (including phenoxy) is 1. The molecule has 8 heteroatoms. The van der Waals surface area contributed by atoms with Gasteiger partial charge in [-0.1, -0.05) is 0 Å². The zero-order chi connectivity index (χ0) is 14.6. The van der Waals surface area contributed by atoms with Gasteiger partial charge in [-0.25, -0.2) is 4.79 Å². The van der Waals surface area contributed by atoms with Crippen LogP contribution in [0.15, 0.2) is 17.0 Å². The largest absolute Gasteiger partial charge is 0.462 e. The van der Waals surface area contributed by atoms with E-state index >= 15 is 0 Å². The Labute approximate surface area is 125 Å². The first-order valence-electron chi connectivity index (χ1n) is 4.95. The number of esters is 1. The van der Waals surface area contributed by atoms with Gasteiger partial charge in [0.25, 0.3) is 0 Å². The SMILES string of the molecule is CCOC(=O)c1ccc(I)c(SC(F)(F)F)c1C#N. The lowest BCUT2D eigenvalue weighted by Crippen LogP contribution is -2.10. The van der Waals surface area contributed by atoms with E-state index in [1.165, 1.54) is 12.1 Å². The Morgan fingerprint density at radius 3 is 2.63 bits per heavy atom. The van der Waals surface area contributed by atoms with Gasteiger partial charge in [-0.05, 0) is 53.4 Å². The van der Waals surface area contributed by atoms with Crippen molar-refractivity contribution >= 4 is 40.3 Å². The molecule has 1 aromatic carbocycles. The molecule has 0 unspecified atom stereocenters. The van der Waals surface area contributed by atoms with Crippen LogP contribution in [0, 0.1) is 14.9 Å². The van der Waals surface area contributed by atoms with Gasteiger partial charge in [-0.3, -0.25) is 0 Å². The molecule has 0 aliphatic heterocycles. The van der Waals surface area contributed by atoms with E-state index in [-0.39, 0.29) is 26.2 Å². The highest BCUT2D eigenvalue weighted by molar-refractivity contribution is 14.1. The Hall–Kier alpha value is -0.950. The second-order valence-electron chi connectivity index (χ2n) is 3.18. The molecule has 102 valence electrons. The Morgan fingerprint density at radius 1 is 1.53 bits per heavy atom. The molecule has 0 atom stereocenters.